The van der Waals surface area contributed by atoms with Gasteiger partial charge in [-0.05, 0) is 37.7 Å². The van der Waals surface area contributed by atoms with Gasteiger partial charge >= 0.3 is 0 Å². The van der Waals surface area contributed by atoms with Gasteiger partial charge in [0.05, 0.1) is 0 Å². The number of carbonyl (C=O) groups excluding carboxylic acids is 2. The molecule has 4 nitrogen and oxygen atoms in total. The first-order valence-corrected chi connectivity index (χ1v) is 8.61. The average molecular weight is 316 g/mol. The summed E-state index contributed by atoms with van der Waals surface area (Å²) in [6, 6.07) is 9.93. The van der Waals surface area contributed by atoms with Crippen molar-refractivity contribution in [3.8, 4) is 0 Å². The van der Waals surface area contributed by atoms with Crippen LogP contribution in [0.25, 0.3) is 0 Å². The number of rotatable bonds is 8. The number of nitrogens with one attached hydrogen (secondary N) is 1. The fraction of sp³-hybridized carbons (Fsp3) is 0.579. The number of nitrogens with zero attached hydrogens (tertiary/aromatic N) is 1. The molecule has 0 heterocycles. The SMILES string of the molecule is CCN(Cc1ccccc1)C(=O)C1(C(=O)NCCC(C)C)CC1. The monoisotopic (exact) mass is 316 g/mol. The third-order valence-electron chi connectivity index (χ3n) is 4.49. The van der Waals surface area contributed by atoms with Crippen LogP contribution in [0, 0.1) is 11.3 Å². The van der Waals surface area contributed by atoms with Crippen molar-refractivity contribution in [1.82, 2.24) is 10.2 Å². The lowest BCUT2D eigenvalue weighted by Gasteiger charge is -2.26. The molecule has 0 aliphatic heterocycles. The Balaban J connectivity index is 1.97. The van der Waals surface area contributed by atoms with E-state index >= 15 is 0 Å². The van der Waals surface area contributed by atoms with Gasteiger partial charge in [-0.3, -0.25) is 9.59 Å². The van der Waals surface area contributed by atoms with Crippen LogP contribution in [0.15, 0.2) is 30.3 Å². The highest BCUT2D eigenvalue weighted by atomic mass is 16.2. The van der Waals surface area contributed by atoms with Crippen LogP contribution < -0.4 is 5.32 Å². The van der Waals surface area contributed by atoms with Crippen LogP contribution in [0.5, 0.6) is 0 Å². The predicted molar refractivity (Wildman–Crippen MR) is 91.7 cm³/mol. The highest BCUT2D eigenvalue weighted by molar-refractivity contribution is 6.07. The Bertz CT molecular complexity index is 536. The zero-order valence-electron chi connectivity index (χ0n) is 14.5. The van der Waals surface area contributed by atoms with Crippen molar-refractivity contribution in [2.75, 3.05) is 13.1 Å². The molecule has 1 aliphatic carbocycles. The van der Waals surface area contributed by atoms with Gasteiger partial charge in [-0.1, -0.05) is 44.2 Å². The van der Waals surface area contributed by atoms with Crippen molar-refractivity contribution in [2.45, 2.75) is 46.6 Å². The zero-order valence-corrected chi connectivity index (χ0v) is 14.5. The summed E-state index contributed by atoms with van der Waals surface area (Å²) in [5, 5.41) is 2.95. The maximum absolute atomic E-state index is 12.9. The molecule has 1 aromatic carbocycles. The minimum Gasteiger partial charge on any atom is -0.355 e. The van der Waals surface area contributed by atoms with E-state index in [0.29, 0.717) is 38.4 Å². The van der Waals surface area contributed by atoms with Gasteiger partial charge in [-0.25, -0.2) is 0 Å². The van der Waals surface area contributed by atoms with Gasteiger partial charge in [-0.2, -0.15) is 0 Å². The molecule has 0 saturated heterocycles. The lowest BCUT2D eigenvalue weighted by molar-refractivity contribution is -0.144. The second-order valence-corrected chi connectivity index (χ2v) is 6.83. The minimum absolute atomic E-state index is 0.0223. The Morgan fingerprint density at radius 3 is 2.39 bits per heavy atom. The Labute approximate surface area is 139 Å². The molecule has 0 bridgehead atoms. The van der Waals surface area contributed by atoms with E-state index in [1.807, 2.05) is 37.3 Å². The Hall–Kier alpha value is -1.84. The Morgan fingerprint density at radius 2 is 1.87 bits per heavy atom. The number of carbonyl (C=O) groups is 2. The molecule has 0 atom stereocenters. The molecule has 1 N–H and O–H groups in total. The first-order chi connectivity index (χ1) is 11.0. The molecule has 126 valence electrons. The molecule has 0 radical (unpaired) electrons. The summed E-state index contributed by atoms with van der Waals surface area (Å²) < 4.78 is 0. The fourth-order valence-corrected chi connectivity index (χ4v) is 2.74. The van der Waals surface area contributed by atoms with E-state index in [1.54, 1.807) is 4.90 Å². The molecule has 4 heteroatoms. The summed E-state index contributed by atoms with van der Waals surface area (Å²) in [6.45, 7) is 8.06. The van der Waals surface area contributed by atoms with Gasteiger partial charge < -0.3 is 10.2 Å². The van der Waals surface area contributed by atoms with Crippen LogP contribution in [-0.2, 0) is 16.1 Å². The molecule has 1 saturated carbocycles. The third kappa shape index (κ3) is 4.34. The first kappa shape index (κ1) is 17.5. The molecule has 1 aliphatic rings. The van der Waals surface area contributed by atoms with Gasteiger partial charge in [0.1, 0.15) is 5.41 Å². The summed E-state index contributed by atoms with van der Waals surface area (Å²) in [5.41, 5.74) is 0.292. The normalized spacial score (nSPS) is 15.3. The Kier molecular flexibility index (Phi) is 5.80. The predicted octanol–water partition coefficient (Wildman–Crippen LogP) is 2.98. The molecule has 2 amide bonds. The topological polar surface area (TPSA) is 49.4 Å². The van der Waals surface area contributed by atoms with Gasteiger partial charge in [0.2, 0.25) is 11.8 Å². The first-order valence-electron chi connectivity index (χ1n) is 8.61. The summed E-state index contributed by atoms with van der Waals surface area (Å²) in [6.07, 6.45) is 2.28. The largest absolute Gasteiger partial charge is 0.355 e. The average Bonchev–Trinajstić information content (AvgIpc) is 3.34. The highest BCUT2D eigenvalue weighted by Crippen LogP contribution is 2.47. The van der Waals surface area contributed by atoms with E-state index in [0.717, 1.165) is 12.0 Å². The highest BCUT2D eigenvalue weighted by Gasteiger charge is 2.57. The molecule has 0 spiro atoms. The molecular formula is C19H28N2O2. The fourth-order valence-electron chi connectivity index (χ4n) is 2.74. The number of benzene rings is 1. The number of hydrogen-bond donors (Lipinski definition) is 1. The summed E-state index contributed by atoms with van der Waals surface area (Å²) in [7, 11) is 0. The van der Waals surface area contributed by atoms with Crippen LogP contribution in [0.2, 0.25) is 0 Å². The molecule has 1 aromatic rings. The number of amides is 2. The summed E-state index contributed by atoms with van der Waals surface area (Å²) >= 11 is 0. The minimum atomic E-state index is -0.804. The maximum Gasteiger partial charge on any atom is 0.238 e. The van der Waals surface area contributed by atoms with Crippen molar-refractivity contribution in [2.24, 2.45) is 11.3 Å². The van der Waals surface area contributed by atoms with E-state index in [1.165, 1.54) is 0 Å². The smallest absolute Gasteiger partial charge is 0.238 e. The summed E-state index contributed by atoms with van der Waals surface area (Å²) in [5.74, 6) is 0.437. The van der Waals surface area contributed by atoms with E-state index in [4.69, 9.17) is 0 Å². The molecule has 0 aromatic heterocycles. The van der Waals surface area contributed by atoms with Crippen molar-refractivity contribution in [1.29, 1.82) is 0 Å². The number of hydrogen-bond acceptors (Lipinski definition) is 2. The Morgan fingerprint density at radius 1 is 1.22 bits per heavy atom. The lowest BCUT2D eigenvalue weighted by atomic mass is 10.0. The van der Waals surface area contributed by atoms with Crippen molar-refractivity contribution < 1.29 is 9.59 Å². The van der Waals surface area contributed by atoms with E-state index in [-0.39, 0.29) is 11.8 Å². The maximum atomic E-state index is 12.9. The molecule has 1 fully saturated rings. The van der Waals surface area contributed by atoms with Crippen molar-refractivity contribution in [3.05, 3.63) is 35.9 Å². The molecular weight excluding hydrogens is 288 g/mol. The third-order valence-corrected chi connectivity index (χ3v) is 4.49. The van der Waals surface area contributed by atoms with Gasteiger partial charge in [0.25, 0.3) is 0 Å². The van der Waals surface area contributed by atoms with Crippen LogP contribution in [0.1, 0.15) is 45.6 Å². The molecule has 23 heavy (non-hydrogen) atoms. The second kappa shape index (κ2) is 7.62. The standard InChI is InChI=1S/C19H28N2O2/c1-4-21(14-16-8-6-5-7-9-16)18(23)19(11-12-19)17(22)20-13-10-15(2)3/h5-9,15H,4,10-14H2,1-3H3,(H,20,22). The zero-order chi connectivity index (χ0) is 16.9. The van der Waals surface area contributed by atoms with E-state index in [9.17, 15) is 9.59 Å². The molecule has 2 rings (SSSR count). The van der Waals surface area contributed by atoms with Crippen LogP contribution in [0.4, 0.5) is 0 Å². The van der Waals surface area contributed by atoms with Crippen LogP contribution in [-0.4, -0.2) is 29.8 Å². The molecule has 0 unspecified atom stereocenters. The van der Waals surface area contributed by atoms with Crippen LogP contribution >= 0.6 is 0 Å². The quantitative estimate of drug-likeness (QED) is 0.750. The van der Waals surface area contributed by atoms with Crippen molar-refractivity contribution in [3.63, 3.8) is 0 Å². The van der Waals surface area contributed by atoms with Crippen LogP contribution in [0.3, 0.4) is 0 Å². The van der Waals surface area contributed by atoms with E-state index < -0.39 is 5.41 Å². The van der Waals surface area contributed by atoms with Crippen molar-refractivity contribution >= 4 is 11.8 Å². The van der Waals surface area contributed by atoms with Gasteiger partial charge in [0, 0.05) is 19.6 Å². The van der Waals surface area contributed by atoms with E-state index in [2.05, 4.69) is 19.2 Å². The second-order valence-electron chi connectivity index (χ2n) is 6.83. The van der Waals surface area contributed by atoms with Gasteiger partial charge in [-0.15, -0.1) is 0 Å². The van der Waals surface area contributed by atoms with Gasteiger partial charge in [0.15, 0.2) is 0 Å². The lowest BCUT2D eigenvalue weighted by Crippen LogP contribution is -2.45. The summed E-state index contributed by atoms with van der Waals surface area (Å²) in [4.78, 5) is 27.1.